The molecule has 1 aliphatic heterocycles. The Kier molecular flexibility index (Phi) is 2.67. The maximum absolute atomic E-state index is 3.55. The third-order valence-electron chi connectivity index (χ3n) is 4.02. The van der Waals surface area contributed by atoms with E-state index in [-0.39, 0.29) is 0 Å². The van der Waals surface area contributed by atoms with Gasteiger partial charge >= 0.3 is 0 Å². The van der Waals surface area contributed by atoms with Gasteiger partial charge < -0.3 is 10.3 Å². The number of rotatable bonds is 2. The van der Waals surface area contributed by atoms with Crippen molar-refractivity contribution in [2.75, 3.05) is 13.1 Å². The molecule has 90 valence electrons. The van der Waals surface area contributed by atoms with Crippen LogP contribution in [0.1, 0.15) is 23.2 Å². The number of H-pyrrole nitrogens is 1. The smallest absolute Gasteiger partial charge is 0.0488 e. The van der Waals surface area contributed by atoms with Crippen LogP contribution in [0.2, 0.25) is 0 Å². The van der Waals surface area contributed by atoms with Crippen LogP contribution < -0.4 is 5.32 Å². The summed E-state index contributed by atoms with van der Waals surface area (Å²) in [5.41, 5.74) is 5.55. The van der Waals surface area contributed by atoms with E-state index >= 15 is 0 Å². The molecule has 2 heteroatoms. The second-order valence-electron chi connectivity index (χ2n) is 5.29. The van der Waals surface area contributed by atoms with Crippen LogP contribution in [0.25, 0.3) is 10.9 Å². The molecule has 17 heavy (non-hydrogen) atoms. The lowest BCUT2D eigenvalue weighted by Gasteiger charge is -2.08. The number of nitrogens with one attached hydrogen (secondary N) is 2. The second kappa shape index (κ2) is 4.19. The van der Waals surface area contributed by atoms with Crippen molar-refractivity contribution in [3.8, 4) is 0 Å². The van der Waals surface area contributed by atoms with Gasteiger partial charge in [0.25, 0.3) is 0 Å². The van der Waals surface area contributed by atoms with E-state index in [1.54, 1.807) is 0 Å². The first kappa shape index (κ1) is 10.8. The van der Waals surface area contributed by atoms with Gasteiger partial charge in [-0.25, -0.2) is 0 Å². The van der Waals surface area contributed by atoms with Crippen LogP contribution in [0, 0.1) is 19.8 Å². The number of fused-ring (bicyclic) bond motifs is 1. The summed E-state index contributed by atoms with van der Waals surface area (Å²) in [4.78, 5) is 3.55. The van der Waals surface area contributed by atoms with Crippen molar-refractivity contribution in [2.24, 2.45) is 5.92 Å². The van der Waals surface area contributed by atoms with Crippen LogP contribution in [0.4, 0.5) is 0 Å². The minimum Gasteiger partial charge on any atom is -0.358 e. The van der Waals surface area contributed by atoms with Crippen LogP contribution in [-0.2, 0) is 6.42 Å². The molecule has 2 aromatic rings. The molecule has 0 aliphatic carbocycles. The summed E-state index contributed by atoms with van der Waals surface area (Å²) in [6, 6.07) is 6.60. The van der Waals surface area contributed by atoms with Crippen LogP contribution in [0.15, 0.2) is 18.2 Å². The van der Waals surface area contributed by atoms with Crippen molar-refractivity contribution in [2.45, 2.75) is 26.7 Å². The van der Waals surface area contributed by atoms with E-state index in [4.69, 9.17) is 0 Å². The van der Waals surface area contributed by atoms with E-state index in [2.05, 4.69) is 42.3 Å². The lowest BCUT2D eigenvalue weighted by Crippen LogP contribution is -2.11. The number of para-hydroxylation sites is 1. The predicted molar refractivity (Wildman–Crippen MR) is 72.5 cm³/mol. The molecular weight excluding hydrogens is 208 g/mol. The Morgan fingerprint density at radius 2 is 2.18 bits per heavy atom. The summed E-state index contributed by atoms with van der Waals surface area (Å²) in [6.45, 7) is 6.75. The maximum atomic E-state index is 3.55. The van der Waals surface area contributed by atoms with Gasteiger partial charge in [0.1, 0.15) is 0 Å². The van der Waals surface area contributed by atoms with E-state index in [1.807, 2.05) is 0 Å². The second-order valence-corrected chi connectivity index (χ2v) is 5.29. The number of aromatic nitrogens is 1. The van der Waals surface area contributed by atoms with Crippen LogP contribution in [0.3, 0.4) is 0 Å². The van der Waals surface area contributed by atoms with Crippen LogP contribution >= 0.6 is 0 Å². The Labute approximate surface area is 102 Å². The average molecular weight is 228 g/mol. The monoisotopic (exact) mass is 228 g/mol. The van der Waals surface area contributed by atoms with Gasteiger partial charge in [0.15, 0.2) is 0 Å². The van der Waals surface area contributed by atoms with Crippen LogP contribution in [0.5, 0.6) is 0 Å². The number of hydrogen-bond acceptors (Lipinski definition) is 1. The summed E-state index contributed by atoms with van der Waals surface area (Å²) in [7, 11) is 0. The molecule has 1 unspecified atom stereocenters. The summed E-state index contributed by atoms with van der Waals surface area (Å²) in [6.07, 6.45) is 2.53. The van der Waals surface area contributed by atoms with Crippen molar-refractivity contribution in [3.63, 3.8) is 0 Å². The zero-order chi connectivity index (χ0) is 11.8. The van der Waals surface area contributed by atoms with Crippen LogP contribution in [-0.4, -0.2) is 18.1 Å². The molecule has 2 heterocycles. The molecule has 1 saturated heterocycles. The van der Waals surface area contributed by atoms with Gasteiger partial charge in [0.05, 0.1) is 0 Å². The lowest BCUT2D eigenvalue weighted by atomic mass is 9.96. The molecule has 0 spiro atoms. The molecule has 1 aliphatic rings. The maximum Gasteiger partial charge on any atom is 0.0488 e. The highest BCUT2D eigenvalue weighted by Crippen LogP contribution is 2.28. The molecule has 2 nitrogen and oxygen atoms in total. The first-order chi connectivity index (χ1) is 8.25. The van der Waals surface area contributed by atoms with Crippen molar-refractivity contribution in [1.29, 1.82) is 0 Å². The minimum atomic E-state index is 0.813. The first-order valence-corrected chi connectivity index (χ1v) is 6.53. The topological polar surface area (TPSA) is 27.8 Å². The molecular formula is C15H20N2. The van der Waals surface area contributed by atoms with Gasteiger partial charge in [-0.15, -0.1) is 0 Å². The highest BCUT2D eigenvalue weighted by atomic mass is 14.9. The Bertz CT molecular complexity index is 533. The molecule has 1 aromatic heterocycles. The highest BCUT2D eigenvalue weighted by molar-refractivity contribution is 5.87. The molecule has 1 aromatic carbocycles. The van der Waals surface area contributed by atoms with E-state index in [9.17, 15) is 0 Å². The van der Waals surface area contributed by atoms with Gasteiger partial charge in [0.2, 0.25) is 0 Å². The Hall–Kier alpha value is -1.28. The minimum absolute atomic E-state index is 0.813. The number of hydrogen-bond donors (Lipinski definition) is 2. The number of benzene rings is 1. The van der Waals surface area contributed by atoms with E-state index in [1.165, 1.54) is 53.7 Å². The Morgan fingerprint density at radius 1 is 1.29 bits per heavy atom. The van der Waals surface area contributed by atoms with Crippen molar-refractivity contribution in [1.82, 2.24) is 10.3 Å². The number of aromatic amines is 1. The highest BCUT2D eigenvalue weighted by Gasteiger charge is 2.18. The molecule has 0 radical (unpaired) electrons. The largest absolute Gasteiger partial charge is 0.358 e. The molecule has 3 rings (SSSR count). The van der Waals surface area contributed by atoms with Crippen molar-refractivity contribution >= 4 is 10.9 Å². The third kappa shape index (κ3) is 1.87. The molecule has 0 saturated carbocycles. The van der Waals surface area contributed by atoms with Crippen molar-refractivity contribution in [3.05, 3.63) is 35.0 Å². The first-order valence-electron chi connectivity index (χ1n) is 6.53. The average Bonchev–Trinajstić information content (AvgIpc) is 2.91. The summed E-state index contributed by atoms with van der Waals surface area (Å²) in [5.74, 6) is 0.813. The fourth-order valence-electron chi connectivity index (χ4n) is 2.99. The lowest BCUT2D eigenvalue weighted by molar-refractivity contribution is 0.580. The Balaban J connectivity index is 2.02. The Morgan fingerprint density at radius 3 is 2.94 bits per heavy atom. The van der Waals surface area contributed by atoms with Gasteiger partial charge in [0, 0.05) is 16.6 Å². The fraction of sp³-hybridized carbons (Fsp3) is 0.467. The molecule has 2 N–H and O–H groups in total. The van der Waals surface area contributed by atoms with Gasteiger partial charge in [-0.1, -0.05) is 18.2 Å². The quantitative estimate of drug-likeness (QED) is 0.812. The van der Waals surface area contributed by atoms with E-state index < -0.39 is 0 Å². The normalized spacial score (nSPS) is 20.2. The van der Waals surface area contributed by atoms with Gasteiger partial charge in [-0.2, -0.15) is 0 Å². The SMILES string of the molecule is Cc1[nH]c2c(C)cccc2c1CC1CCNC1. The summed E-state index contributed by atoms with van der Waals surface area (Å²) in [5, 5.41) is 4.88. The summed E-state index contributed by atoms with van der Waals surface area (Å²) < 4.78 is 0. The van der Waals surface area contributed by atoms with Gasteiger partial charge in [-0.3, -0.25) is 0 Å². The molecule has 1 fully saturated rings. The zero-order valence-electron chi connectivity index (χ0n) is 10.6. The molecule has 1 atom stereocenters. The third-order valence-corrected chi connectivity index (χ3v) is 4.02. The van der Waals surface area contributed by atoms with E-state index in [0.29, 0.717) is 0 Å². The molecule has 0 bridgehead atoms. The van der Waals surface area contributed by atoms with Crippen molar-refractivity contribution < 1.29 is 0 Å². The fourth-order valence-corrected chi connectivity index (χ4v) is 2.99. The summed E-state index contributed by atoms with van der Waals surface area (Å²) >= 11 is 0. The predicted octanol–water partition coefficient (Wildman–Crippen LogP) is 2.94. The zero-order valence-corrected chi connectivity index (χ0v) is 10.6. The van der Waals surface area contributed by atoms with E-state index in [0.717, 1.165) is 5.92 Å². The number of aryl methyl sites for hydroxylation is 2. The standard InChI is InChI=1S/C15H20N2/c1-10-4-3-5-13-14(11(2)17-15(10)13)8-12-6-7-16-9-12/h3-5,12,16-17H,6-9H2,1-2H3. The molecule has 0 amide bonds. The van der Waals surface area contributed by atoms with Gasteiger partial charge in [-0.05, 0) is 56.8 Å².